The minimum Gasteiger partial charge on any atom is -0.344 e. The topological polar surface area (TPSA) is 102 Å². The van der Waals surface area contributed by atoms with Gasteiger partial charge in [0.05, 0.1) is 6.26 Å². The second kappa shape index (κ2) is 18.2. The lowest BCUT2D eigenvalue weighted by Crippen LogP contribution is -2.59. The number of carbonyl (C=O) groups excluding carboxylic acids is 2. The normalized spacial score (nSPS) is 20.1. The van der Waals surface area contributed by atoms with Gasteiger partial charge in [-0.2, -0.15) is 0 Å². The molecule has 2 aromatic rings. The first-order valence-electron chi connectivity index (χ1n) is 16.4. The first-order chi connectivity index (χ1) is 21.6. The van der Waals surface area contributed by atoms with Gasteiger partial charge in [0.1, 0.15) is 6.04 Å². The fraction of sp³-hybridized carbons (Fsp3) is 0.588. The van der Waals surface area contributed by atoms with Crippen molar-refractivity contribution < 1.29 is 18.0 Å². The van der Waals surface area contributed by atoms with Gasteiger partial charge in [-0.05, 0) is 47.6 Å². The molecular weight excluding hydrogens is 681 g/mol. The highest BCUT2D eigenvalue weighted by Crippen LogP contribution is 2.31. The summed E-state index contributed by atoms with van der Waals surface area (Å²) in [6.07, 6.45) is 7.74. The third-order valence-electron chi connectivity index (χ3n) is 9.85. The van der Waals surface area contributed by atoms with E-state index in [0.717, 1.165) is 30.5 Å². The lowest BCUT2D eigenvalue weighted by atomic mass is 9.83. The number of sulfonamides is 1. The molecule has 9 nitrogen and oxygen atoms in total. The molecule has 0 radical (unpaired) electrons. The Labute approximate surface area is 298 Å². The van der Waals surface area contributed by atoms with Crippen LogP contribution in [-0.4, -0.2) is 91.9 Å². The standard InChI is InChI=1S/C34H48ClN5O4S.2ClH/c1-3-40(45(2,43)44)24-32(26-9-5-4-6-10-26)38-17-19-39(20-18-38)34(42)31(21-25-13-15-28(35)16-14-25)37-33(41)22-30-29-12-8-7-11-27(29)23-36-30;;/h7-8,11-16,26,30-32,36H,3-6,9-10,17-24H2,1-2H3,(H,37,41);2*1H. The minimum atomic E-state index is -3.30. The van der Waals surface area contributed by atoms with Gasteiger partial charge in [0.25, 0.3) is 0 Å². The average Bonchev–Trinajstić information content (AvgIpc) is 3.44. The summed E-state index contributed by atoms with van der Waals surface area (Å²) >= 11 is 6.12. The van der Waals surface area contributed by atoms with E-state index in [9.17, 15) is 18.0 Å². The highest BCUT2D eigenvalue weighted by molar-refractivity contribution is 7.88. The molecular formula is C34H50Cl3N5O4S. The van der Waals surface area contributed by atoms with E-state index in [1.54, 1.807) is 16.4 Å². The summed E-state index contributed by atoms with van der Waals surface area (Å²) in [6.45, 7) is 6.00. The Hall–Kier alpha value is -1.92. The molecule has 2 aromatic carbocycles. The van der Waals surface area contributed by atoms with Gasteiger partial charge >= 0.3 is 0 Å². The van der Waals surface area contributed by atoms with Gasteiger partial charge in [0, 0.05) is 75.8 Å². The summed E-state index contributed by atoms with van der Waals surface area (Å²) in [5.41, 5.74) is 3.26. The number of piperazine rings is 1. The van der Waals surface area contributed by atoms with E-state index in [0.29, 0.717) is 56.6 Å². The van der Waals surface area contributed by atoms with Crippen molar-refractivity contribution in [3.8, 4) is 0 Å². The fourth-order valence-electron chi connectivity index (χ4n) is 7.34. The number of nitrogens with one attached hydrogen (secondary N) is 2. The van der Waals surface area contributed by atoms with Crippen LogP contribution in [-0.2, 0) is 32.6 Å². The Kier molecular flexibility index (Phi) is 15.3. The maximum atomic E-state index is 14.0. The molecule has 262 valence electrons. The number of rotatable bonds is 12. The number of carbonyl (C=O) groups is 2. The van der Waals surface area contributed by atoms with Gasteiger partial charge < -0.3 is 15.5 Å². The van der Waals surface area contributed by atoms with E-state index >= 15 is 0 Å². The quantitative estimate of drug-likeness (QED) is 0.325. The Bertz CT molecular complexity index is 1420. The van der Waals surface area contributed by atoms with E-state index in [1.165, 1.54) is 31.1 Å². The predicted molar refractivity (Wildman–Crippen MR) is 193 cm³/mol. The summed E-state index contributed by atoms with van der Waals surface area (Å²) in [4.78, 5) is 31.7. The van der Waals surface area contributed by atoms with Gasteiger partial charge in [0.15, 0.2) is 0 Å². The van der Waals surface area contributed by atoms with Gasteiger partial charge in [-0.15, -0.1) is 24.8 Å². The van der Waals surface area contributed by atoms with Gasteiger partial charge in [-0.3, -0.25) is 14.5 Å². The van der Waals surface area contributed by atoms with Gasteiger partial charge in [-0.25, -0.2) is 12.7 Å². The van der Waals surface area contributed by atoms with Crippen LogP contribution in [0.25, 0.3) is 0 Å². The van der Waals surface area contributed by atoms with Crippen molar-refractivity contribution in [3.05, 3.63) is 70.2 Å². The summed E-state index contributed by atoms with van der Waals surface area (Å²) < 4.78 is 26.6. The van der Waals surface area contributed by atoms with Crippen LogP contribution in [0.5, 0.6) is 0 Å². The molecule has 2 amide bonds. The highest BCUT2D eigenvalue weighted by atomic mass is 35.5. The van der Waals surface area contributed by atoms with Crippen molar-refractivity contribution in [1.82, 2.24) is 24.7 Å². The Balaban J connectivity index is 0.00000300. The molecule has 1 saturated carbocycles. The Morgan fingerprint density at radius 2 is 1.66 bits per heavy atom. The van der Waals surface area contributed by atoms with Crippen molar-refractivity contribution in [3.63, 3.8) is 0 Å². The fourth-order valence-corrected chi connectivity index (χ4v) is 8.36. The molecule has 1 aliphatic carbocycles. The third kappa shape index (κ3) is 10.5. The second-order valence-corrected chi connectivity index (χ2v) is 15.2. The first kappa shape index (κ1) is 39.5. The molecule has 2 heterocycles. The maximum absolute atomic E-state index is 14.0. The van der Waals surface area contributed by atoms with Crippen molar-refractivity contribution in [2.45, 2.75) is 76.5 Å². The van der Waals surface area contributed by atoms with Crippen LogP contribution in [0.15, 0.2) is 48.5 Å². The van der Waals surface area contributed by atoms with Crippen LogP contribution >= 0.6 is 36.4 Å². The monoisotopic (exact) mass is 729 g/mol. The minimum absolute atomic E-state index is 0. The summed E-state index contributed by atoms with van der Waals surface area (Å²) in [5.74, 6) is 0.203. The van der Waals surface area contributed by atoms with Crippen LogP contribution in [0.4, 0.5) is 0 Å². The molecule has 0 spiro atoms. The summed E-state index contributed by atoms with van der Waals surface area (Å²) in [6, 6.07) is 14.9. The molecule has 2 fully saturated rings. The van der Waals surface area contributed by atoms with Crippen LogP contribution < -0.4 is 10.6 Å². The van der Waals surface area contributed by atoms with E-state index in [-0.39, 0.29) is 55.1 Å². The number of hydrogen-bond acceptors (Lipinski definition) is 6. The summed E-state index contributed by atoms with van der Waals surface area (Å²) in [5, 5.41) is 7.13. The van der Waals surface area contributed by atoms with E-state index < -0.39 is 16.1 Å². The lowest BCUT2D eigenvalue weighted by Gasteiger charge is -2.45. The number of likely N-dealkylation sites (N-methyl/N-ethyl adjacent to an activating group) is 1. The third-order valence-corrected chi connectivity index (χ3v) is 11.4. The molecule has 5 rings (SSSR count). The SMILES string of the molecule is CCN(CC(C1CCCCC1)N1CCN(C(=O)C(Cc2ccc(Cl)cc2)NC(=O)CC2NCc3ccccc32)CC1)S(C)(=O)=O.Cl.Cl. The Morgan fingerprint density at radius 1 is 1.00 bits per heavy atom. The average molecular weight is 731 g/mol. The zero-order chi connectivity index (χ0) is 32.0. The number of hydrogen-bond donors (Lipinski definition) is 2. The number of halogens is 3. The van der Waals surface area contributed by atoms with Crippen LogP contribution in [0.3, 0.4) is 0 Å². The molecule has 2 aliphatic heterocycles. The molecule has 3 atom stereocenters. The van der Waals surface area contributed by atoms with Crippen LogP contribution in [0, 0.1) is 5.92 Å². The molecule has 1 saturated heterocycles. The van der Waals surface area contributed by atoms with E-state index in [1.807, 2.05) is 36.1 Å². The summed E-state index contributed by atoms with van der Waals surface area (Å²) in [7, 11) is -3.30. The van der Waals surface area contributed by atoms with Crippen molar-refractivity contribution in [2.75, 3.05) is 45.5 Å². The molecule has 0 aromatic heterocycles. The molecule has 47 heavy (non-hydrogen) atoms. The number of benzene rings is 2. The van der Waals surface area contributed by atoms with Crippen molar-refractivity contribution in [2.24, 2.45) is 5.92 Å². The maximum Gasteiger partial charge on any atom is 0.245 e. The highest BCUT2D eigenvalue weighted by Gasteiger charge is 2.36. The zero-order valence-corrected chi connectivity index (χ0v) is 30.6. The number of amides is 2. The van der Waals surface area contributed by atoms with Gasteiger partial charge in [0.2, 0.25) is 21.8 Å². The first-order valence-corrected chi connectivity index (χ1v) is 18.7. The van der Waals surface area contributed by atoms with Crippen molar-refractivity contribution in [1.29, 1.82) is 0 Å². The van der Waals surface area contributed by atoms with Gasteiger partial charge in [-0.1, -0.05) is 74.2 Å². The number of nitrogens with zero attached hydrogens (tertiary/aromatic N) is 3. The smallest absolute Gasteiger partial charge is 0.245 e. The van der Waals surface area contributed by atoms with Crippen LogP contribution in [0.1, 0.15) is 68.2 Å². The molecule has 2 N–H and O–H groups in total. The molecule has 3 aliphatic rings. The van der Waals surface area contributed by atoms with E-state index in [2.05, 4.69) is 27.7 Å². The zero-order valence-electron chi connectivity index (χ0n) is 27.4. The number of fused-ring (bicyclic) bond motifs is 1. The largest absolute Gasteiger partial charge is 0.344 e. The Morgan fingerprint density at radius 3 is 2.30 bits per heavy atom. The molecule has 13 heteroatoms. The van der Waals surface area contributed by atoms with Crippen LogP contribution in [0.2, 0.25) is 5.02 Å². The van der Waals surface area contributed by atoms with E-state index in [4.69, 9.17) is 11.6 Å². The van der Waals surface area contributed by atoms with Crippen molar-refractivity contribution >= 4 is 58.3 Å². The predicted octanol–water partition coefficient (Wildman–Crippen LogP) is 4.82. The second-order valence-electron chi connectivity index (χ2n) is 12.8. The lowest BCUT2D eigenvalue weighted by molar-refractivity contribution is -0.138. The molecule has 0 bridgehead atoms. The molecule has 3 unspecified atom stereocenters.